The Morgan fingerprint density at radius 1 is 1.18 bits per heavy atom. The fourth-order valence-electron chi connectivity index (χ4n) is 8.23. The van der Waals surface area contributed by atoms with Crippen LogP contribution in [0.25, 0.3) is 5.57 Å². The third-order valence-corrected chi connectivity index (χ3v) is 10.9. The Morgan fingerprint density at radius 3 is 2.73 bits per heavy atom. The molecule has 2 aliphatic heterocycles. The van der Waals surface area contributed by atoms with Gasteiger partial charge in [0.25, 0.3) is 0 Å². The number of ether oxygens (including phenoxy) is 2. The van der Waals surface area contributed by atoms with Gasteiger partial charge < -0.3 is 14.8 Å². The number of hydrogen-bond donors (Lipinski definition) is 1. The summed E-state index contributed by atoms with van der Waals surface area (Å²) in [5.41, 5.74) is 10.3. The van der Waals surface area contributed by atoms with E-state index in [-0.39, 0.29) is 6.10 Å². The summed E-state index contributed by atoms with van der Waals surface area (Å²) in [5.74, 6) is 3.43. The van der Waals surface area contributed by atoms with Gasteiger partial charge in [0.05, 0.1) is 18.8 Å². The minimum Gasteiger partial charge on any atom is -0.489 e. The first kappa shape index (κ1) is 31.6. The average molecular weight is 607 g/mol. The second-order valence-electron chi connectivity index (χ2n) is 14.0. The van der Waals surface area contributed by atoms with E-state index >= 15 is 0 Å². The van der Waals surface area contributed by atoms with E-state index in [1.165, 1.54) is 41.6 Å². The SMILES string of the molecule is CCCC1=C(/C(C)=C/C2=C(C)C(c3ccc(OC4CCOCC4)c(C#N)c3)=CCN2)C2CC2C(C(=O)CCC2CCCC2C)=C1. The molecule has 0 spiro atoms. The molecule has 5 nitrogen and oxygen atoms in total. The molecule has 1 saturated heterocycles. The monoisotopic (exact) mass is 606 g/mol. The number of Topliss-reactive ketones (excluding diaryl/α,β-unsaturated/α-hetero) is 1. The van der Waals surface area contributed by atoms with E-state index in [4.69, 9.17) is 9.47 Å². The summed E-state index contributed by atoms with van der Waals surface area (Å²) in [4.78, 5) is 13.5. The van der Waals surface area contributed by atoms with Crippen molar-refractivity contribution in [3.8, 4) is 11.8 Å². The maximum absolute atomic E-state index is 13.5. The zero-order chi connectivity index (χ0) is 31.5. The van der Waals surface area contributed by atoms with Crippen LogP contribution >= 0.6 is 0 Å². The van der Waals surface area contributed by atoms with Crippen LogP contribution in [0.1, 0.15) is 103 Å². The maximum Gasteiger partial charge on any atom is 0.159 e. The summed E-state index contributed by atoms with van der Waals surface area (Å²) in [6.07, 6.45) is 17.5. The molecule has 3 fully saturated rings. The summed E-state index contributed by atoms with van der Waals surface area (Å²) in [6, 6.07) is 8.37. The molecule has 0 radical (unpaired) electrons. The number of ketones is 1. The Hall–Kier alpha value is -3.36. The molecule has 1 aromatic rings. The van der Waals surface area contributed by atoms with Gasteiger partial charge in [0, 0.05) is 31.5 Å². The van der Waals surface area contributed by atoms with Crippen LogP contribution < -0.4 is 10.1 Å². The fourth-order valence-corrected chi connectivity index (χ4v) is 8.23. The van der Waals surface area contributed by atoms with Gasteiger partial charge in [0.1, 0.15) is 17.9 Å². The van der Waals surface area contributed by atoms with Gasteiger partial charge in [-0.2, -0.15) is 5.26 Å². The first-order valence-electron chi connectivity index (χ1n) is 17.5. The number of fused-ring (bicyclic) bond motifs is 1. The van der Waals surface area contributed by atoms with Gasteiger partial charge in [0.15, 0.2) is 5.78 Å². The number of nitrogens with zero attached hydrogens (tertiary/aromatic N) is 1. The van der Waals surface area contributed by atoms with E-state index in [0.717, 1.165) is 85.7 Å². The van der Waals surface area contributed by atoms with Crippen molar-refractivity contribution in [1.29, 1.82) is 5.26 Å². The maximum atomic E-state index is 13.5. The van der Waals surface area contributed by atoms with E-state index in [2.05, 4.69) is 63.4 Å². The third-order valence-electron chi connectivity index (χ3n) is 10.9. The highest BCUT2D eigenvalue weighted by atomic mass is 16.5. The molecule has 4 atom stereocenters. The molecular weight excluding hydrogens is 556 g/mol. The van der Waals surface area contributed by atoms with Crippen LogP contribution in [0.3, 0.4) is 0 Å². The fraction of sp³-hybridized carbons (Fsp3) is 0.550. The van der Waals surface area contributed by atoms with E-state index in [0.29, 0.717) is 42.1 Å². The number of nitrogens with one attached hydrogen (secondary N) is 1. The number of rotatable bonds is 11. The molecule has 1 N–H and O–H groups in total. The zero-order valence-electron chi connectivity index (χ0n) is 27.7. The Balaban J connectivity index is 1.22. The number of dihydropyridines is 1. The van der Waals surface area contributed by atoms with Gasteiger partial charge in [-0.25, -0.2) is 0 Å². The van der Waals surface area contributed by atoms with E-state index < -0.39 is 0 Å². The molecule has 45 heavy (non-hydrogen) atoms. The Labute approximate surface area is 270 Å². The van der Waals surface area contributed by atoms with Crippen LogP contribution in [0.2, 0.25) is 0 Å². The summed E-state index contributed by atoms with van der Waals surface area (Å²) in [5, 5.41) is 13.6. The number of hydrogen-bond acceptors (Lipinski definition) is 5. The molecule has 5 aliphatic rings. The molecule has 6 rings (SSSR count). The Bertz CT molecular complexity index is 1510. The quantitative estimate of drug-likeness (QED) is 0.273. The lowest BCUT2D eigenvalue weighted by Gasteiger charge is -2.25. The summed E-state index contributed by atoms with van der Waals surface area (Å²) in [7, 11) is 0. The number of carbonyl (C=O) groups is 1. The van der Waals surface area contributed by atoms with Crippen LogP contribution in [-0.2, 0) is 9.53 Å². The molecule has 0 aromatic heterocycles. The highest BCUT2D eigenvalue weighted by molar-refractivity contribution is 5.97. The molecular formula is C40H50N2O3. The number of benzene rings is 1. The molecule has 238 valence electrons. The van der Waals surface area contributed by atoms with Crippen molar-refractivity contribution in [2.24, 2.45) is 23.7 Å². The second-order valence-corrected chi connectivity index (χ2v) is 14.0. The summed E-state index contributed by atoms with van der Waals surface area (Å²) >= 11 is 0. The predicted octanol–water partition coefficient (Wildman–Crippen LogP) is 8.78. The smallest absolute Gasteiger partial charge is 0.159 e. The van der Waals surface area contributed by atoms with Gasteiger partial charge in [-0.15, -0.1) is 0 Å². The molecule has 1 aromatic carbocycles. The highest BCUT2D eigenvalue weighted by Crippen LogP contribution is 2.56. The lowest BCUT2D eigenvalue weighted by atomic mass is 9.83. The van der Waals surface area contributed by atoms with Crippen LogP contribution in [0, 0.1) is 35.0 Å². The van der Waals surface area contributed by atoms with Gasteiger partial charge in [-0.3, -0.25) is 4.79 Å². The van der Waals surface area contributed by atoms with Crippen molar-refractivity contribution in [1.82, 2.24) is 5.32 Å². The van der Waals surface area contributed by atoms with E-state index in [1.54, 1.807) is 0 Å². The van der Waals surface area contributed by atoms with Gasteiger partial charge >= 0.3 is 0 Å². The lowest BCUT2D eigenvalue weighted by Crippen LogP contribution is -2.26. The van der Waals surface area contributed by atoms with Crippen molar-refractivity contribution < 1.29 is 14.3 Å². The predicted molar refractivity (Wildman–Crippen MR) is 180 cm³/mol. The van der Waals surface area contributed by atoms with Gasteiger partial charge in [-0.05, 0) is 114 Å². The zero-order valence-corrected chi connectivity index (χ0v) is 27.7. The lowest BCUT2D eigenvalue weighted by molar-refractivity contribution is -0.116. The molecule has 3 aliphatic carbocycles. The summed E-state index contributed by atoms with van der Waals surface area (Å²) < 4.78 is 11.7. The first-order valence-corrected chi connectivity index (χ1v) is 17.5. The second kappa shape index (κ2) is 14.0. The number of carbonyl (C=O) groups excluding carboxylic acids is 1. The van der Waals surface area contributed by atoms with Crippen LogP contribution in [0.4, 0.5) is 0 Å². The number of nitriles is 1. The highest BCUT2D eigenvalue weighted by Gasteiger charge is 2.47. The minimum atomic E-state index is 0.0960. The summed E-state index contributed by atoms with van der Waals surface area (Å²) in [6.45, 7) is 11.2. The van der Waals surface area contributed by atoms with Crippen LogP contribution in [-0.4, -0.2) is 31.6 Å². The van der Waals surface area contributed by atoms with E-state index in [1.807, 2.05) is 12.1 Å². The minimum absolute atomic E-state index is 0.0960. The molecule has 0 amide bonds. The first-order chi connectivity index (χ1) is 21.9. The normalized spacial score (nSPS) is 27.0. The van der Waals surface area contributed by atoms with Crippen molar-refractivity contribution >= 4 is 11.4 Å². The molecule has 2 heterocycles. The molecule has 2 saturated carbocycles. The standard InChI is InChI=1S/C40H50N2O3/c1-5-7-30-22-35(38(43)12-10-28-9-6-8-25(28)2)34-23-36(34)40(30)26(3)20-37-27(4)33(14-17-42-37)29-11-13-39(31(21-29)24-41)45-32-15-18-44-19-16-32/h11,13-14,20-22,25,28,32,34,36,42H,5-10,12,15-19,23H2,1-4H3/b26-20+. The molecule has 4 unspecified atom stereocenters. The Morgan fingerprint density at radius 2 is 2.00 bits per heavy atom. The van der Waals surface area contributed by atoms with Gasteiger partial charge in [-0.1, -0.05) is 57.7 Å². The Kier molecular flexibility index (Phi) is 9.81. The van der Waals surface area contributed by atoms with Crippen molar-refractivity contribution in [3.63, 3.8) is 0 Å². The van der Waals surface area contributed by atoms with Crippen molar-refractivity contribution in [2.75, 3.05) is 19.8 Å². The topological polar surface area (TPSA) is 71.3 Å². The third kappa shape index (κ3) is 6.92. The van der Waals surface area contributed by atoms with Gasteiger partial charge in [0.2, 0.25) is 0 Å². The number of allylic oxidation sites excluding steroid dienone is 8. The van der Waals surface area contributed by atoms with Crippen molar-refractivity contribution in [3.05, 3.63) is 81.1 Å². The molecule has 0 bridgehead atoms. The van der Waals surface area contributed by atoms with E-state index in [9.17, 15) is 10.1 Å². The van der Waals surface area contributed by atoms with Crippen LogP contribution in [0.5, 0.6) is 5.75 Å². The molecule has 5 heteroatoms. The average Bonchev–Trinajstić information content (AvgIpc) is 3.73. The van der Waals surface area contributed by atoms with Crippen molar-refractivity contribution in [2.45, 2.75) is 98.0 Å². The van der Waals surface area contributed by atoms with Crippen LogP contribution in [0.15, 0.2) is 70.0 Å². The largest absolute Gasteiger partial charge is 0.489 e.